The summed E-state index contributed by atoms with van der Waals surface area (Å²) in [5.41, 5.74) is 3.69. The standard InChI is InChI=1S/C23H21Cl2NO4S/c1-4-29-22-13-17(14-26-21-7-5-6-15(2)16(21)3)12-20(25)23(22)30-31(27,28)19-10-8-18(24)9-11-19/h5-14H,4H2,1-3H3. The average Bonchev–Trinajstić information content (AvgIpc) is 2.72. The molecule has 3 aromatic carbocycles. The quantitative estimate of drug-likeness (QED) is 0.286. The maximum Gasteiger partial charge on any atom is 0.339 e. The van der Waals surface area contributed by atoms with Crippen LogP contribution in [0, 0.1) is 13.8 Å². The van der Waals surface area contributed by atoms with Crippen molar-refractivity contribution in [2.45, 2.75) is 25.7 Å². The van der Waals surface area contributed by atoms with Gasteiger partial charge in [-0.25, -0.2) is 0 Å². The lowest BCUT2D eigenvalue weighted by Crippen LogP contribution is -2.11. The third kappa shape index (κ3) is 5.58. The summed E-state index contributed by atoms with van der Waals surface area (Å²) >= 11 is 12.2. The van der Waals surface area contributed by atoms with Gasteiger partial charge in [0.15, 0.2) is 5.75 Å². The number of hydrogen-bond acceptors (Lipinski definition) is 5. The van der Waals surface area contributed by atoms with Gasteiger partial charge in [-0.2, -0.15) is 8.42 Å². The van der Waals surface area contributed by atoms with Crippen LogP contribution in [0.3, 0.4) is 0 Å². The predicted molar refractivity (Wildman–Crippen MR) is 125 cm³/mol. The van der Waals surface area contributed by atoms with Crippen LogP contribution in [0.25, 0.3) is 0 Å². The van der Waals surface area contributed by atoms with E-state index in [2.05, 4.69) is 4.99 Å². The number of nitrogens with zero attached hydrogens (tertiary/aromatic N) is 1. The molecule has 0 heterocycles. The molecule has 162 valence electrons. The van der Waals surface area contributed by atoms with Crippen LogP contribution in [0.1, 0.15) is 23.6 Å². The molecule has 0 radical (unpaired) electrons. The molecule has 0 aromatic heterocycles. The molecule has 0 aliphatic heterocycles. The molecular weight excluding hydrogens is 457 g/mol. The van der Waals surface area contributed by atoms with Crippen molar-refractivity contribution >= 4 is 45.2 Å². The summed E-state index contributed by atoms with van der Waals surface area (Å²) in [7, 11) is -4.13. The van der Waals surface area contributed by atoms with E-state index in [4.69, 9.17) is 32.1 Å². The minimum absolute atomic E-state index is 0.0454. The van der Waals surface area contributed by atoms with Crippen molar-refractivity contribution in [3.63, 3.8) is 0 Å². The van der Waals surface area contributed by atoms with Crippen LogP contribution in [0.4, 0.5) is 5.69 Å². The molecule has 0 saturated carbocycles. The molecule has 0 N–H and O–H groups in total. The van der Waals surface area contributed by atoms with Crippen molar-refractivity contribution in [3.8, 4) is 11.5 Å². The second-order valence-electron chi connectivity index (χ2n) is 6.73. The fourth-order valence-corrected chi connectivity index (χ4v) is 4.17. The SMILES string of the molecule is CCOc1cc(C=Nc2cccc(C)c2C)cc(Cl)c1OS(=O)(=O)c1ccc(Cl)cc1. The minimum Gasteiger partial charge on any atom is -0.490 e. The third-order valence-corrected chi connectivity index (χ3v) is 6.32. The zero-order valence-corrected chi connectivity index (χ0v) is 19.6. The van der Waals surface area contributed by atoms with E-state index in [1.807, 2.05) is 32.0 Å². The number of halogens is 2. The molecule has 3 aromatic rings. The van der Waals surface area contributed by atoms with Crippen molar-refractivity contribution in [2.24, 2.45) is 4.99 Å². The Kier molecular flexibility index (Phi) is 7.26. The molecule has 3 rings (SSSR count). The van der Waals surface area contributed by atoms with Crippen LogP contribution >= 0.6 is 23.2 Å². The Morgan fingerprint density at radius 2 is 1.74 bits per heavy atom. The van der Waals surface area contributed by atoms with Crippen LogP contribution in [-0.2, 0) is 10.1 Å². The van der Waals surface area contributed by atoms with E-state index in [0.717, 1.165) is 16.8 Å². The Bertz CT molecular complexity index is 1220. The molecule has 5 nitrogen and oxygen atoms in total. The second kappa shape index (κ2) is 9.73. The predicted octanol–water partition coefficient (Wildman–Crippen LogP) is 6.53. The van der Waals surface area contributed by atoms with Crippen LogP contribution in [0.2, 0.25) is 10.0 Å². The Hall–Kier alpha value is -2.54. The highest BCUT2D eigenvalue weighted by atomic mass is 35.5. The molecule has 0 aliphatic carbocycles. The molecule has 0 unspecified atom stereocenters. The van der Waals surface area contributed by atoms with Gasteiger partial charge in [0.05, 0.1) is 17.3 Å². The highest BCUT2D eigenvalue weighted by Gasteiger charge is 2.22. The molecular formula is C23H21Cl2NO4S. The molecule has 0 spiro atoms. The minimum atomic E-state index is -4.13. The van der Waals surface area contributed by atoms with Gasteiger partial charge in [-0.15, -0.1) is 0 Å². The number of ether oxygens (including phenoxy) is 1. The van der Waals surface area contributed by atoms with Gasteiger partial charge >= 0.3 is 10.1 Å². The average molecular weight is 478 g/mol. The van der Waals surface area contributed by atoms with E-state index in [1.54, 1.807) is 25.3 Å². The van der Waals surface area contributed by atoms with Crippen molar-refractivity contribution < 1.29 is 17.3 Å². The van der Waals surface area contributed by atoms with Crippen LogP contribution in [0.5, 0.6) is 11.5 Å². The van der Waals surface area contributed by atoms with Gasteiger partial charge in [-0.1, -0.05) is 35.3 Å². The van der Waals surface area contributed by atoms with Gasteiger partial charge in [0, 0.05) is 11.2 Å². The third-order valence-electron chi connectivity index (χ3n) is 4.56. The van der Waals surface area contributed by atoms with Crippen molar-refractivity contribution in [2.75, 3.05) is 6.61 Å². The smallest absolute Gasteiger partial charge is 0.339 e. The van der Waals surface area contributed by atoms with Gasteiger partial charge in [0.2, 0.25) is 5.75 Å². The van der Waals surface area contributed by atoms with Gasteiger partial charge in [-0.3, -0.25) is 4.99 Å². The van der Waals surface area contributed by atoms with E-state index >= 15 is 0 Å². The number of aryl methyl sites for hydroxylation is 1. The Balaban J connectivity index is 1.96. The summed E-state index contributed by atoms with van der Waals surface area (Å²) in [6, 6.07) is 14.7. The van der Waals surface area contributed by atoms with E-state index in [-0.39, 0.29) is 21.4 Å². The molecule has 0 saturated heterocycles. The molecule has 0 bridgehead atoms. The van der Waals surface area contributed by atoms with Crippen LogP contribution in [-0.4, -0.2) is 21.2 Å². The van der Waals surface area contributed by atoms with Gasteiger partial charge < -0.3 is 8.92 Å². The summed E-state index contributed by atoms with van der Waals surface area (Å²) in [5.74, 6) is 0.123. The monoisotopic (exact) mass is 477 g/mol. The molecule has 0 atom stereocenters. The molecule has 31 heavy (non-hydrogen) atoms. The fourth-order valence-electron chi connectivity index (χ4n) is 2.78. The maximum absolute atomic E-state index is 12.7. The van der Waals surface area contributed by atoms with E-state index < -0.39 is 10.1 Å². The first kappa shape index (κ1) is 23.1. The summed E-state index contributed by atoms with van der Waals surface area (Å²) < 4.78 is 36.3. The molecule has 0 aliphatic rings. The zero-order valence-electron chi connectivity index (χ0n) is 17.2. The fraction of sp³-hybridized carbons (Fsp3) is 0.174. The normalized spacial score (nSPS) is 11.6. The first-order valence-electron chi connectivity index (χ1n) is 9.48. The number of benzene rings is 3. The van der Waals surface area contributed by atoms with Gasteiger partial charge in [-0.05, 0) is 79.9 Å². The first-order valence-corrected chi connectivity index (χ1v) is 11.6. The topological polar surface area (TPSA) is 65.0 Å². The van der Waals surface area contributed by atoms with Crippen molar-refractivity contribution in [1.82, 2.24) is 0 Å². The summed E-state index contributed by atoms with van der Waals surface area (Å²) in [6.45, 7) is 6.10. The summed E-state index contributed by atoms with van der Waals surface area (Å²) in [4.78, 5) is 4.48. The van der Waals surface area contributed by atoms with Gasteiger partial charge in [0.1, 0.15) is 4.90 Å². The Morgan fingerprint density at radius 3 is 2.42 bits per heavy atom. The Morgan fingerprint density at radius 1 is 1.03 bits per heavy atom. The van der Waals surface area contributed by atoms with Crippen molar-refractivity contribution in [3.05, 3.63) is 81.3 Å². The number of rotatable bonds is 7. The first-order chi connectivity index (χ1) is 14.7. The zero-order chi connectivity index (χ0) is 22.6. The largest absolute Gasteiger partial charge is 0.490 e. The molecule has 0 fully saturated rings. The lowest BCUT2D eigenvalue weighted by molar-refractivity contribution is 0.327. The summed E-state index contributed by atoms with van der Waals surface area (Å²) in [6.07, 6.45) is 1.65. The van der Waals surface area contributed by atoms with Crippen molar-refractivity contribution in [1.29, 1.82) is 0 Å². The lowest BCUT2D eigenvalue weighted by atomic mass is 10.1. The lowest BCUT2D eigenvalue weighted by Gasteiger charge is -2.14. The van der Waals surface area contributed by atoms with E-state index in [9.17, 15) is 8.42 Å². The molecule has 0 amide bonds. The van der Waals surface area contributed by atoms with E-state index in [1.165, 1.54) is 24.3 Å². The number of hydrogen-bond donors (Lipinski definition) is 0. The Labute approximate surface area is 192 Å². The second-order valence-corrected chi connectivity index (χ2v) is 9.12. The van der Waals surface area contributed by atoms with Crippen LogP contribution in [0.15, 0.2) is 64.5 Å². The maximum atomic E-state index is 12.7. The molecule has 8 heteroatoms. The summed E-state index contributed by atoms with van der Waals surface area (Å²) in [5, 5.41) is 0.505. The highest BCUT2D eigenvalue weighted by molar-refractivity contribution is 7.87. The number of aliphatic imine (C=N–C) groups is 1. The van der Waals surface area contributed by atoms with Crippen LogP contribution < -0.4 is 8.92 Å². The van der Waals surface area contributed by atoms with E-state index in [0.29, 0.717) is 17.2 Å². The van der Waals surface area contributed by atoms with Gasteiger partial charge in [0.25, 0.3) is 0 Å². The highest BCUT2D eigenvalue weighted by Crippen LogP contribution is 2.38.